The average molecular weight is 392 g/mol. The van der Waals surface area contributed by atoms with Gasteiger partial charge < -0.3 is 5.32 Å². The summed E-state index contributed by atoms with van der Waals surface area (Å²) in [6, 6.07) is 4.99. The first-order chi connectivity index (χ1) is 12.5. The standard InChI is InChI=1S/C18H21N3O3S2/c22-17(13-6-2-1-3-7-13)20-18-19-15-9-8-14(12-16(15)25-18)26(23,24)21-10-4-5-11-21/h1-2,8-9,12-13H,3-7,10-11H2,(H,19,20,22). The number of allylic oxidation sites excluding steroid dienone is 2. The van der Waals surface area contributed by atoms with Gasteiger partial charge in [-0.3, -0.25) is 4.79 Å². The van der Waals surface area contributed by atoms with Gasteiger partial charge in [-0.05, 0) is 50.3 Å². The third-order valence-electron chi connectivity index (χ3n) is 4.93. The van der Waals surface area contributed by atoms with Crippen molar-refractivity contribution in [1.82, 2.24) is 9.29 Å². The lowest BCUT2D eigenvalue weighted by molar-refractivity contribution is -0.120. The molecule has 1 aromatic carbocycles. The number of aromatic nitrogens is 1. The smallest absolute Gasteiger partial charge is 0.243 e. The molecule has 4 rings (SSSR count). The van der Waals surface area contributed by atoms with Crippen LogP contribution >= 0.6 is 11.3 Å². The second-order valence-corrected chi connectivity index (χ2v) is 9.70. The van der Waals surface area contributed by atoms with Crippen LogP contribution in [0.1, 0.15) is 32.1 Å². The van der Waals surface area contributed by atoms with Gasteiger partial charge in [0, 0.05) is 19.0 Å². The average Bonchev–Trinajstić information content (AvgIpc) is 3.31. The zero-order valence-electron chi connectivity index (χ0n) is 14.3. The number of carbonyl (C=O) groups excluding carboxylic acids is 1. The number of anilines is 1. The van der Waals surface area contributed by atoms with E-state index in [1.54, 1.807) is 18.2 Å². The lowest BCUT2D eigenvalue weighted by Crippen LogP contribution is -2.27. The Bertz CT molecular complexity index is 959. The fourth-order valence-corrected chi connectivity index (χ4v) is 5.96. The normalized spacial score (nSPS) is 21.3. The number of carbonyl (C=O) groups is 1. The minimum atomic E-state index is -3.44. The van der Waals surface area contributed by atoms with Gasteiger partial charge in [0.25, 0.3) is 0 Å². The molecule has 1 unspecified atom stereocenters. The number of amides is 1. The molecule has 2 heterocycles. The third-order valence-corrected chi connectivity index (χ3v) is 7.76. The molecule has 1 aliphatic heterocycles. The second-order valence-electron chi connectivity index (χ2n) is 6.73. The number of nitrogens with one attached hydrogen (secondary N) is 1. The van der Waals surface area contributed by atoms with Crippen molar-refractivity contribution in [2.45, 2.75) is 37.0 Å². The number of fused-ring (bicyclic) bond motifs is 1. The van der Waals surface area contributed by atoms with Crippen LogP contribution in [-0.4, -0.2) is 36.7 Å². The van der Waals surface area contributed by atoms with Gasteiger partial charge in [-0.2, -0.15) is 4.31 Å². The molecule has 0 radical (unpaired) electrons. The van der Waals surface area contributed by atoms with E-state index in [0.717, 1.165) is 36.8 Å². The number of sulfonamides is 1. The van der Waals surface area contributed by atoms with E-state index in [-0.39, 0.29) is 11.8 Å². The van der Waals surface area contributed by atoms with Gasteiger partial charge in [-0.15, -0.1) is 0 Å². The molecule has 1 amide bonds. The van der Waals surface area contributed by atoms with E-state index in [0.29, 0.717) is 28.6 Å². The highest BCUT2D eigenvalue weighted by molar-refractivity contribution is 7.89. The van der Waals surface area contributed by atoms with Crippen LogP contribution < -0.4 is 5.32 Å². The Morgan fingerprint density at radius 1 is 1.23 bits per heavy atom. The topological polar surface area (TPSA) is 79.4 Å². The van der Waals surface area contributed by atoms with Crippen LogP contribution in [0.4, 0.5) is 5.13 Å². The van der Waals surface area contributed by atoms with Crippen LogP contribution in [0, 0.1) is 5.92 Å². The fraction of sp³-hybridized carbons (Fsp3) is 0.444. The zero-order valence-corrected chi connectivity index (χ0v) is 16.0. The van der Waals surface area contributed by atoms with Crippen molar-refractivity contribution in [3.05, 3.63) is 30.4 Å². The molecule has 1 atom stereocenters. The highest BCUT2D eigenvalue weighted by atomic mass is 32.2. The summed E-state index contributed by atoms with van der Waals surface area (Å²) < 4.78 is 27.7. The summed E-state index contributed by atoms with van der Waals surface area (Å²) in [7, 11) is -3.44. The van der Waals surface area contributed by atoms with Crippen LogP contribution in [0.3, 0.4) is 0 Å². The predicted octanol–water partition coefficient (Wildman–Crippen LogP) is 3.38. The van der Waals surface area contributed by atoms with Crippen LogP contribution in [0.2, 0.25) is 0 Å². The number of hydrogen-bond donors (Lipinski definition) is 1. The molecular weight excluding hydrogens is 370 g/mol. The molecular formula is C18H21N3O3S2. The summed E-state index contributed by atoms with van der Waals surface area (Å²) in [5, 5.41) is 3.41. The molecule has 0 bridgehead atoms. The van der Waals surface area contributed by atoms with E-state index in [1.165, 1.54) is 15.6 Å². The summed E-state index contributed by atoms with van der Waals surface area (Å²) in [5.74, 6) is -0.0311. The van der Waals surface area contributed by atoms with E-state index in [9.17, 15) is 13.2 Å². The number of benzene rings is 1. The fourth-order valence-electron chi connectivity index (χ4n) is 3.44. The SMILES string of the molecule is O=C(Nc1nc2ccc(S(=O)(=O)N3CCCC3)cc2s1)C1CC=CCC1. The lowest BCUT2D eigenvalue weighted by Gasteiger charge is -2.15. The Hall–Kier alpha value is -1.77. The molecule has 138 valence electrons. The van der Waals surface area contributed by atoms with Gasteiger partial charge in [0.15, 0.2) is 5.13 Å². The van der Waals surface area contributed by atoms with Gasteiger partial charge in [-0.25, -0.2) is 13.4 Å². The molecule has 1 N–H and O–H groups in total. The minimum absolute atomic E-state index is 0.0154. The number of thiazole rings is 1. The quantitative estimate of drug-likeness (QED) is 0.811. The minimum Gasteiger partial charge on any atom is -0.302 e. The molecule has 1 fully saturated rings. The molecule has 8 heteroatoms. The maximum Gasteiger partial charge on any atom is 0.243 e. The first-order valence-electron chi connectivity index (χ1n) is 8.91. The maximum absolute atomic E-state index is 12.7. The number of hydrogen-bond acceptors (Lipinski definition) is 5. The molecule has 0 spiro atoms. The van der Waals surface area contributed by atoms with Crippen molar-refractivity contribution in [2.24, 2.45) is 5.92 Å². The molecule has 0 saturated carbocycles. The first-order valence-corrected chi connectivity index (χ1v) is 11.2. The van der Waals surface area contributed by atoms with Crippen LogP contribution in [0.25, 0.3) is 10.2 Å². The van der Waals surface area contributed by atoms with Crippen molar-refractivity contribution in [1.29, 1.82) is 0 Å². The molecule has 6 nitrogen and oxygen atoms in total. The number of rotatable bonds is 4. The summed E-state index contributed by atoms with van der Waals surface area (Å²) in [5.41, 5.74) is 0.703. The highest BCUT2D eigenvalue weighted by Gasteiger charge is 2.27. The van der Waals surface area contributed by atoms with E-state index in [1.807, 2.05) is 6.08 Å². The first kappa shape index (κ1) is 17.6. The van der Waals surface area contributed by atoms with Crippen molar-refractivity contribution in [2.75, 3.05) is 18.4 Å². The highest BCUT2D eigenvalue weighted by Crippen LogP contribution is 2.31. The monoisotopic (exact) mass is 391 g/mol. The lowest BCUT2D eigenvalue weighted by atomic mass is 9.94. The van der Waals surface area contributed by atoms with Gasteiger partial charge in [0.05, 0.1) is 15.1 Å². The third kappa shape index (κ3) is 3.41. The van der Waals surface area contributed by atoms with E-state index in [2.05, 4.69) is 16.4 Å². The molecule has 1 saturated heterocycles. The molecule has 1 aliphatic carbocycles. The molecule has 2 aromatic rings. The summed E-state index contributed by atoms with van der Waals surface area (Å²) >= 11 is 1.32. The van der Waals surface area contributed by atoms with Crippen LogP contribution in [0.5, 0.6) is 0 Å². The Balaban J connectivity index is 1.56. The number of nitrogens with zero attached hydrogens (tertiary/aromatic N) is 2. The second kappa shape index (κ2) is 7.09. The van der Waals surface area contributed by atoms with E-state index < -0.39 is 10.0 Å². The van der Waals surface area contributed by atoms with Crippen molar-refractivity contribution in [3.63, 3.8) is 0 Å². The van der Waals surface area contributed by atoms with Gasteiger partial charge in [0.2, 0.25) is 15.9 Å². The van der Waals surface area contributed by atoms with Crippen LogP contribution in [0.15, 0.2) is 35.2 Å². The van der Waals surface area contributed by atoms with Crippen molar-refractivity contribution < 1.29 is 13.2 Å². The van der Waals surface area contributed by atoms with Gasteiger partial charge in [-0.1, -0.05) is 23.5 Å². The van der Waals surface area contributed by atoms with Crippen molar-refractivity contribution in [3.8, 4) is 0 Å². The van der Waals surface area contributed by atoms with Gasteiger partial charge in [0.1, 0.15) is 0 Å². The largest absolute Gasteiger partial charge is 0.302 e. The Morgan fingerprint density at radius 2 is 2.04 bits per heavy atom. The van der Waals surface area contributed by atoms with Gasteiger partial charge >= 0.3 is 0 Å². The van der Waals surface area contributed by atoms with Crippen molar-refractivity contribution >= 4 is 42.6 Å². The summed E-state index contributed by atoms with van der Waals surface area (Å²) in [4.78, 5) is 17.1. The summed E-state index contributed by atoms with van der Waals surface area (Å²) in [6.07, 6.45) is 8.50. The van der Waals surface area contributed by atoms with Crippen LogP contribution in [-0.2, 0) is 14.8 Å². The predicted molar refractivity (Wildman–Crippen MR) is 103 cm³/mol. The Kier molecular flexibility index (Phi) is 4.81. The molecule has 2 aliphatic rings. The Labute approximate surface area is 157 Å². The maximum atomic E-state index is 12.7. The van der Waals surface area contributed by atoms with E-state index >= 15 is 0 Å². The molecule has 26 heavy (non-hydrogen) atoms. The Morgan fingerprint density at radius 3 is 2.77 bits per heavy atom. The molecule has 1 aromatic heterocycles. The zero-order chi connectivity index (χ0) is 18.1. The van der Waals surface area contributed by atoms with E-state index in [4.69, 9.17) is 0 Å². The summed E-state index contributed by atoms with van der Waals surface area (Å²) in [6.45, 7) is 1.17.